The van der Waals surface area contributed by atoms with Gasteiger partial charge in [-0.25, -0.2) is 0 Å². The first kappa shape index (κ1) is 9.04. The van der Waals surface area contributed by atoms with Crippen molar-refractivity contribution >= 4 is 11.6 Å². The normalized spacial score (nSPS) is 22.2. The highest BCUT2D eigenvalue weighted by molar-refractivity contribution is 6.31. The van der Waals surface area contributed by atoms with Gasteiger partial charge >= 0.3 is 0 Å². The summed E-state index contributed by atoms with van der Waals surface area (Å²) in [6, 6.07) is 6.85. The lowest BCUT2D eigenvalue weighted by atomic mass is 10.0. The van der Waals surface area contributed by atoms with Crippen molar-refractivity contribution in [1.82, 2.24) is 5.32 Å². The van der Waals surface area contributed by atoms with Crippen LogP contribution in [-0.2, 0) is 0 Å². The number of halogens is 1. The van der Waals surface area contributed by atoms with Gasteiger partial charge in [0.15, 0.2) is 0 Å². The van der Waals surface area contributed by atoms with Crippen LogP contribution < -0.4 is 5.32 Å². The second-order valence-corrected chi connectivity index (χ2v) is 4.06. The molecule has 1 saturated heterocycles. The van der Waals surface area contributed by atoms with Gasteiger partial charge in [0, 0.05) is 11.1 Å². The van der Waals surface area contributed by atoms with Crippen LogP contribution in [0.3, 0.4) is 0 Å². The molecule has 0 unspecified atom stereocenters. The van der Waals surface area contributed by atoms with E-state index in [-0.39, 0.29) is 0 Å². The van der Waals surface area contributed by atoms with Crippen LogP contribution in [0, 0.1) is 6.92 Å². The van der Waals surface area contributed by atoms with Gasteiger partial charge in [0.25, 0.3) is 0 Å². The number of hydrogen-bond donors (Lipinski definition) is 1. The first-order valence-corrected chi connectivity index (χ1v) is 5.14. The number of aryl methyl sites for hydroxylation is 1. The lowest BCUT2D eigenvalue weighted by Gasteiger charge is -2.11. The third-order valence-corrected chi connectivity index (χ3v) is 3.07. The summed E-state index contributed by atoms with van der Waals surface area (Å²) in [5.41, 5.74) is 2.55. The lowest BCUT2D eigenvalue weighted by molar-refractivity contribution is 0.647. The third-order valence-electron chi connectivity index (χ3n) is 2.64. The zero-order valence-corrected chi connectivity index (χ0v) is 8.56. The molecule has 70 valence electrons. The molecule has 0 spiro atoms. The molecule has 1 atom stereocenters. The van der Waals surface area contributed by atoms with E-state index in [4.69, 9.17) is 11.6 Å². The van der Waals surface area contributed by atoms with Gasteiger partial charge < -0.3 is 5.32 Å². The Bertz CT molecular complexity index is 303. The van der Waals surface area contributed by atoms with Gasteiger partial charge in [-0.2, -0.15) is 0 Å². The highest BCUT2D eigenvalue weighted by atomic mass is 35.5. The number of rotatable bonds is 1. The minimum atomic E-state index is 0.552. The van der Waals surface area contributed by atoms with Crippen molar-refractivity contribution in [2.75, 3.05) is 6.54 Å². The van der Waals surface area contributed by atoms with Gasteiger partial charge in [0.2, 0.25) is 0 Å². The van der Waals surface area contributed by atoms with E-state index in [1.165, 1.54) is 24.0 Å². The minimum absolute atomic E-state index is 0.552. The fourth-order valence-electron chi connectivity index (χ4n) is 1.85. The Morgan fingerprint density at radius 1 is 1.46 bits per heavy atom. The zero-order chi connectivity index (χ0) is 9.26. The molecule has 1 aliphatic rings. The van der Waals surface area contributed by atoms with Crippen LogP contribution in [0.1, 0.15) is 30.0 Å². The van der Waals surface area contributed by atoms with Crippen LogP contribution in [-0.4, -0.2) is 6.54 Å². The molecule has 1 aliphatic heterocycles. The maximum Gasteiger partial charge on any atom is 0.0435 e. The Balaban J connectivity index is 2.25. The fraction of sp³-hybridized carbons (Fsp3) is 0.455. The summed E-state index contributed by atoms with van der Waals surface area (Å²) in [5, 5.41) is 4.34. The van der Waals surface area contributed by atoms with Crippen molar-refractivity contribution in [1.29, 1.82) is 0 Å². The Kier molecular flexibility index (Phi) is 2.56. The second kappa shape index (κ2) is 3.69. The molecular formula is C11H14ClN. The summed E-state index contributed by atoms with van der Waals surface area (Å²) in [6.07, 6.45) is 2.54. The average molecular weight is 196 g/mol. The van der Waals surface area contributed by atoms with Crippen molar-refractivity contribution < 1.29 is 0 Å². The van der Waals surface area contributed by atoms with Gasteiger partial charge in [-0.3, -0.25) is 0 Å². The summed E-state index contributed by atoms with van der Waals surface area (Å²) in [5.74, 6) is 0. The lowest BCUT2D eigenvalue weighted by Crippen LogP contribution is -2.12. The highest BCUT2D eigenvalue weighted by Crippen LogP contribution is 2.26. The second-order valence-electron chi connectivity index (χ2n) is 3.66. The maximum absolute atomic E-state index is 5.97. The van der Waals surface area contributed by atoms with Gasteiger partial charge in [0.05, 0.1) is 0 Å². The molecule has 1 heterocycles. The van der Waals surface area contributed by atoms with Crippen LogP contribution >= 0.6 is 11.6 Å². The average Bonchev–Trinajstić information content (AvgIpc) is 2.62. The zero-order valence-electron chi connectivity index (χ0n) is 7.81. The highest BCUT2D eigenvalue weighted by Gasteiger charge is 2.15. The first-order chi connectivity index (χ1) is 6.27. The molecule has 0 aromatic heterocycles. The summed E-state index contributed by atoms with van der Waals surface area (Å²) in [6.45, 7) is 3.20. The van der Waals surface area contributed by atoms with E-state index in [1.54, 1.807) is 0 Å². The van der Waals surface area contributed by atoms with Crippen LogP contribution in [0.25, 0.3) is 0 Å². The van der Waals surface area contributed by atoms with Crippen molar-refractivity contribution in [3.05, 3.63) is 34.3 Å². The molecule has 0 amide bonds. The largest absolute Gasteiger partial charge is 0.310 e. The molecular weight excluding hydrogens is 182 g/mol. The standard InChI is InChI=1S/C11H14ClN/c1-8-7-9(4-5-10(8)12)11-3-2-6-13-11/h4-5,7,11,13H,2-3,6H2,1H3/t11-/m1/s1. The topological polar surface area (TPSA) is 12.0 Å². The van der Waals surface area contributed by atoms with Gasteiger partial charge in [-0.1, -0.05) is 23.7 Å². The fourth-order valence-corrected chi connectivity index (χ4v) is 1.97. The molecule has 1 aromatic carbocycles. The van der Waals surface area contributed by atoms with Gasteiger partial charge in [0.1, 0.15) is 0 Å². The van der Waals surface area contributed by atoms with E-state index in [9.17, 15) is 0 Å². The van der Waals surface area contributed by atoms with Gasteiger partial charge in [-0.15, -0.1) is 0 Å². The van der Waals surface area contributed by atoms with Crippen LogP contribution in [0.2, 0.25) is 5.02 Å². The van der Waals surface area contributed by atoms with Crippen molar-refractivity contribution in [3.8, 4) is 0 Å². The Labute approximate surface area is 84.1 Å². The molecule has 0 saturated carbocycles. The Hall–Kier alpha value is -0.530. The predicted molar refractivity (Wildman–Crippen MR) is 56.2 cm³/mol. The molecule has 0 radical (unpaired) electrons. The minimum Gasteiger partial charge on any atom is -0.310 e. The van der Waals surface area contributed by atoms with Crippen molar-refractivity contribution in [3.63, 3.8) is 0 Å². The SMILES string of the molecule is Cc1cc([C@H]2CCCN2)ccc1Cl. The van der Waals surface area contributed by atoms with Crippen LogP contribution in [0.5, 0.6) is 0 Å². The smallest absolute Gasteiger partial charge is 0.0435 e. The van der Waals surface area contributed by atoms with E-state index < -0.39 is 0 Å². The molecule has 0 bridgehead atoms. The van der Waals surface area contributed by atoms with Crippen LogP contribution in [0.15, 0.2) is 18.2 Å². The monoisotopic (exact) mass is 195 g/mol. The molecule has 1 aromatic rings. The molecule has 1 nitrogen and oxygen atoms in total. The molecule has 1 N–H and O–H groups in total. The van der Waals surface area contributed by atoms with Crippen molar-refractivity contribution in [2.24, 2.45) is 0 Å². The van der Waals surface area contributed by atoms with E-state index in [0.29, 0.717) is 6.04 Å². The number of nitrogens with one attached hydrogen (secondary N) is 1. The predicted octanol–water partition coefficient (Wildman–Crippen LogP) is 3.07. The van der Waals surface area contributed by atoms with E-state index in [2.05, 4.69) is 24.4 Å². The number of hydrogen-bond acceptors (Lipinski definition) is 1. The van der Waals surface area contributed by atoms with Gasteiger partial charge in [-0.05, 0) is 43.5 Å². The van der Waals surface area contributed by atoms with Crippen molar-refractivity contribution in [2.45, 2.75) is 25.8 Å². The van der Waals surface area contributed by atoms with E-state index in [0.717, 1.165) is 11.6 Å². The van der Waals surface area contributed by atoms with E-state index >= 15 is 0 Å². The summed E-state index contributed by atoms with van der Waals surface area (Å²) in [7, 11) is 0. The maximum atomic E-state index is 5.97. The summed E-state index contributed by atoms with van der Waals surface area (Å²) < 4.78 is 0. The Morgan fingerprint density at radius 2 is 2.31 bits per heavy atom. The molecule has 2 heteroatoms. The third kappa shape index (κ3) is 1.87. The van der Waals surface area contributed by atoms with E-state index in [1.807, 2.05) is 6.07 Å². The molecule has 2 rings (SSSR count). The summed E-state index contributed by atoms with van der Waals surface area (Å²) >= 11 is 5.97. The Morgan fingerprint density at radius 3 is 2.92 bits per heavy atom. The summed E-state index contributed by atoms with van der Waals surface area (Å²) in [4.78, 5) is 0. The molecule has 0 aliphatic carbocycles. The number of benzene rings is 1. The van der Waals surface area contributed by atoms with Crippen LogP contribution in [0.4, 0.5) is 0 Å². The molecule has 1 fully saturated rings. The quantitative estimate of drug-likeness (QED) is 0.727. The molecule has 13 heavy (non-hydrogen) atoms. The first-order valence-electron chi connectivity index (χ1n) is 4.77.